The summed E-state index contributed by atoms with van der Waals surface area (Å²) in [6.45, 7) is 6.77. The predicted molar refractivity (Wildman–Crippen MR) is 132 cm³/mol. The molecule has 0 radical (unpaired) electrons. The van der Waals surface area contributed by atoms with Crippen LogP contribution >= 0.6 is 23.1 Å². The Morgan fingerprint density at radius 2 is 2.18 bits per heavy atom. The average molecular weight is 480 g/mol. The second-order valence-electron chi connectivity index (χ2n) is 8.10. The van der Waals surface area contributed by atoms with Gasteiger partial charge < -0.3 is 9.72 Å². The fourth-order valence-corrected chi connectivity index (χ4v) is 6.23. The van der Waals surface area contributed by atoms with E-state index in [1.54, 1.807) is 11.3 Å². The lowest BCUT2D eigenvalue weighted by Gasteiger charge is -2.10. The van der Waals surface area contributed by atoms with Crippen molar-refractivity contribution in [2.24, 2.45) is 0 Å². The molecule has 0 fully saturated rings. The number of aromatic nitrogens is 5. The maximum Gasteiger partial charge on any atom is 0.259 e. The molecule has 170 valence electrons. The lowest BCUT2D eigenvalue weighted by Crippen LogP contribution is -2.12. The number of hydrogen-bond acceptors (Lipinski definition) is 7. The molecule has 1 aromatic carbocycles. The van der Waals surface area contributed by atoms with Gasteiger partial charge in [0.1, 0.15) is 23.0 Å². The third-order valence-corrected chi connectivity index (χ3v) is 7.84. The summed E-state index contributed by atoms with van der Waals surface area (Å²) in [6, 6.07) is 7.92. The molecule has 33 heavy (non-hydrogen) atoms. The van der Waals surface area contributed by atoms with Crippen molar-refractivity contribution < 1.29 is 4.74 Å². The Balaban J connectivity index is 1.33. The third-order valence-electron chi connectivity index (χ3n) is 5.67. The summed E-state index contributed by atoms with van der Waals surface area (Å²) in [4.78, 5) is 22.7. The topological polar surface area (TPSA) is 85.7 Å². The van der Waals surface area contributed by atoms with Crippen molar-refractivity contribution in [2.75, 3.05) is 0 Å². The van der Waals surface area contributed by atoms with Gasteiger partial charge in [-0.15, -0.1) is 28.1 Å². The van der Waals surface area contributed by atoms with Gasteiger partial charge in [0.2, 0.25) is 0 Å². The fraction of sp³-hybridized carbons (Fsp3) is 0.333. The molecule has 0 saturated carbocycles. The zero-order chi connectivity index (χ0) is 22.8. The first kappa shape index (κ1) is 21.9. The Kier molecular flexibility index (Phi) is 6.32. The van der Waals surface area contributed by atoms with Crippen molar-refractivity contribution in [1.82, 2.24) is 24.7 Å². The van der Waals surface area contributed by atoms with Crippen molar-refractivity contribution in [3.8, 4) is 5.75 Å². The van der Waals surface area contributed by atoms with Gasteiger partial charge in [-0.05, 0) is 55.9 Å². The van der Waals surface area contributed by atoms with Crippen molar-refractivity contribution in [2.45, 2.75) is 56.7 Å². The number of nitrogens with zero attached hydrogens (tertiary/aromatic N) is 4. The van der Waals surface area contributed by atoms with Gasteiger partial charge in [-0.1, -0.05) is 30.0 Å². The van der Waals surface area contributed by atoms with E-state index in [9.17, 15) is 4.79 Å². The van der Waals surface area contributed by atoms with Gasteiger partial charge >= 0.3 is 0 Å². The van der Waals surface area contributed by atoms with Crippen molar-refractivity contribution in [1.29, 1.82) is 0 Å². The molecule has 0 amide bonds. The fourth-order valence-electron chi connectivity index (χ4n) is 4.11. The minimum atomic E-state index is -0.0326. The molecule has 0 aliphatic heterocycles. The minimum Gasteiger partial charge on any atom is -0.486 e. The highest BCUT2D eigenvalue weighted by Gasteiger charge is 2.20. The summed E-state index contributed by atoms with van der Waals surface area (Å²) >= 11 is 3.16. The largest absolute Gasteiger partial charge is 0.486 e. The van der Waals surface area contributed by atoms with Crippen molar-refractivity contribution >= 4 is 33.3 Å². The van der Waals surface area contributed by atoms with E-state index in [-0.39, 0.29) is 5.56 Å². The lowest BCUT2D eigenvalue weighted by molar-refractivity contribution is 0.289. The van der Waals surface area contributed by atoms with Gasteiger partial charge in [0, 0.05) is 11.4 Å². The molecule has 3 aromatic heterocycles. The Morgan fingerprint density at radius 3 is 3.03 bits per heavy atom. The van der Waals surface area contributed by atoms with Gasteiger partial charge in [-0.25, -0.2) is 4.98 Å². The van der Waals surface area contributed by atoms with Crippen LogP contribution in [0.3, 0.4) is 0 Å². The number of aryl methyl sites for hydroxylation is 3. The number of H-pyrrole nitrogens is 1. The Hall–Kier alpha value is -2.91. The molecule has 0 unspecified atom stereocenters. The van der Waals surface area contributed by atoms with Crippen LogP contribution in [-0.4, -0.2) is 24.7 Å². The van der Waals surface area contributed by atoms with Crippen LogP contribution < -0.4 is 10.3 Å². The first-order chi connectivity index (χ1) is 16.1. The molecule has 1 aliphatic rings. The number of aromatic amines is 1. The number of hydrogen-bond donors (Lipinski definition) is 1. The van der Waals surface area contributed by atoms with E-state index in [1.807, 2.05) is 41.8 Å². The van der Waals surface area contributed by atoms with Crippen LogP contribution in [0.1, 0.15) is 40.5 Å². The van der Waals surface area contributed by atoms with Gasteiger partial charge in [0.05, 0.1) is 11.1 Å². The highest BCUT2D eigenvalue weighted by Crippen LogP contribution is 2.34. The van der Waals surface area contributed by atoms with Crippen LogP contribution in [0.5, 0.6) is 5.75 Å². The van der Waals surface area contributed by atoms with Crippen LogP contribution in [0.4, 0.5) is 0 Å². The first-order valence-electron chi connectivity index (χ1n) is 11.0. The van der Waals surface area contributed by atoms with Gasteiger partial charge in [-0.2, -0.15) is 0 Å². The molecule has 1 N–H and O–H groups in total. The summed E-state index contributed by atoms with van der Waals surface area (Å²) in [7, 11) is 0. The van der Waals surface area contributed by atoms with E-state index >= 15 is 0 Å². The van der Waals surface area contributed by atoms with Gasteiger partial charge in [-0.3, -0.25) is 9.36 Å². The molecule has 3 heterocycles. The molecule has 1 aliphatic carbocycles. The molecule has 0 saturated heterocycles. The zero-order valence-electron chi connectivity index (χ0n) is 18.5. The van der Waals surface area contributed by atoms with Crippen LogP contribution in [0.2, 0.25) is 0 Å². The quantitative estimate of drug-likeness (QED) is 0.288. The maximum atomic E-state index is 12.8. The molecule has 9 heteroatoms. The van der Waals surface area contributed by atoms with E-state index < -0.39 is 0 Å². The molecular formula is C24H25N5O2S2. The average Bonchev–Trinajstić information content (AvgIpc) is 3.37. The summed E-state index contributed by atoms with van der Waals surface area (Å²) in [5, 5.41) is 10.2. The van der Waals surface area contributed by atoms with E-state index in [4.69, 9.17) is 9.72 Å². The van der Waals surface area contributed by atoms with Crippen LogP contribution in [0.15, 0.2) is 46.9 Å². The standard InChI is InChI=1S/C24H25N5O2S2/c1-3-11-29-20(13-31-16-8-6-7-15(2)12-16)27-28-24(29)32-14-19-25-22(30)21-17-9-4-5-10-18(17)33-23(21)26-19/h3,6-8,12H,1,4-5,9-11,13-14H2,2H3,(H,25,26,30). The highest BCUT2D eigenvalue weighted by molar-refractivity contribution is 7.98. The van der Waals surface area contributed by atoms with Crippen molar-refractivity contribution in [3.63, 3.8) is 0 Å². The van der Waals surface area contributed by atoms with Crippen LogP contribution in [0, 0.1) is 6.92 Å². The van der Waals surface area contributed by atoms with E-state index in [1.165, 1.54) is 28.6 Å². The third kappa shape index (κ3) is 4.60. The molecule has 4 aromatic rings. The first-order valence-corrected chi connectivity index (χ1v) is 12.8. The number of rotatable bonds is 8. The van der Waals surface area contributed by atoms with E-state index in [0.717, 1.165) is 51.8 Å². The maximum absolute atomic E-state index is 12.8. The van der Waals surface area contributed by atoms with Crippen LogP contribution in [-0.2, 0) is 31.7 Å². The number of benzene rings is 1. The Morgan fingerprint density at radius 1 is 1.30 bits per heavy atom. The van der Waals surface area contributed by atoms with Crippen LogP contribution in [0.25, 0.3) is 10.2 Å². The summed E-state index contributed by atoms with van der Waals surface area (Å²) in [6.07, 6.45) is 6.18. The van der Waals surface area contributed by atoms with Crippen molar-refractivity contribution in [3.05, 3.63) is 74.9 Å². The normalized spacial score (nSPS) is 13.2. The molecule has 5 rings (SSSR count). The smallest absolute Gasteiger partial charge is 0.259 e. The summed E-state index contributed by atoms with van der Waals surface area (Å²) < 4.78 is 7.89. The number of allylic oxidation sites excluding steroid dienone is 1. The summed E-state index contributed by atoms with van der Waals surface area (Å²) in [5.74, 6) is 2.68. The number of fused-ring (bicyclic) bond motifs is 3. The number of ether oxygens (including phenoxy) is 1. The SMILES string of the molecule is C=CCn1c(COc2cccc(C)c2)nnc1SCc1nc2sc3c(c2c(=O)[nH]1)CCCC3. The second kappa shape index (κ2) is 9.52. The highest BCUT2D eigenvalue weighted by atomic mass is 32.2. The van der Waals surface area contributed by atoms with Gasteiger partial charge in [0.25, 0.3) is 5.56 Å². The zero-order valence-corrected chi connectivity index (χ0v) is 20.1. The Labute approximate surface area is 199 Å². The lowest BCUT2D eigenvalue weighted by atomic mass is 9.97. The second-order valence-corrected chi connectivity index (χ2v) is 10.1. The Bertz CT molecular complexity index is 1370. The predicted octanol–water partition coefficient (Wildman–Crippen LogP) is 4.82. The molecular weight excluding hydrogens is 454 g/mol. The summed E-state index contributed by atoms with van der Waals surface area (Å²) in [5.41, 5.74) is 2.31. The minimum absolute atomic E-state index is 0.0326. The monoisotopic (exact) mass is 479 g/mol. The molecule has 0 bridgehead atoms. The number of nitrogens with one attached hydrogen (secondary N) is 1. The molecule has 0 spiro atoms. The molecule has 7 nitrogen and oxygen atoms in total. The molecule has 0 atom stereocenters. The van der Waals surface area contributed by atoms with E-state index in [0.29, 0.717) is 24.7 Å². The number of thiophene rings is 1. The van der Waals surface area contributed by atoms with Gasteiger partial charge in [0.15, 0.2) is 11.0 Å². The number of thioether (sulfide) groups is 1. The van der Waals surface area contributed by atoms with E-state index in [2.05, 4.69) is 21.8 Å².